The number of nitrogens with zero attached hydrogens (tertiary/aromatic N) is 1. The SMILES string of the molecule is C1=Cc2c(c3c(n2C2CC(c4ccccc4)CC(C4CCCCC4)C2)CCC2c4ccccc4OC32)CC1. The van der Waals surface area contributed by atoms with Crippen LogP contribution in [0.3, 0.4) is 0 Å². The van der Waals surface area contributed by atoms with E-state index in [1.54, 1.807) is 22.4 Å². The molecule has 0 N–H and O–H groups in total. The van der Waals surface area contributed by atoms with E-state index in [1.165, 1.54) is 81.9 Å². The Labute approximate surface area is 228 Å². The molecule has 2 nitrogen and oxygen atoms in total. The largest absolute Gasteiger partial charge is 0.485 e. The predicted octanol–water partition coefficient (Wildman–Crippen LogP) is 9.32. The minimum Gasteiger partial charge on any atom is -0.485 e. The van der Waals surface area contributed by atoms with Crippen LogP contribution in [0.5, 0.6) is 5.75 Å². The molecular weight excluding hydrogens is 462 g/mol. The van der Waals surface area contributed by atoms with E-state index in [4.69, 9.17) is 4.74 Å². The molecule has 0 bridgehead atoms. The Balaban J connectivity index is 1.21. The Bertz CT molecular complexity index is 1340. The molecule has 5 unspecified atom stereocenters. The molecule has 38 heavy (non-hydrogen) atoms. The molecule has 2 saturated carbocycles. The summed E-state index contributed by atoms with van der Waals surface area (Å²) in [6.45, 7) is 0. The average Bonchev–Trinajstić information content (AvgIpc) is 3.53. The maximum Gasteiger partial charge on any atom is 0.133 e. The van der Waals surface area contributed by atoms with E-state index in [9.17, 15) is 0 Å². The fraction of sp³-hybridized carbons (Fsp3) is 0.500. The maximum absolute atomic E-state index is 6.77. The third-order valence-electron chi connectivity index (χ3n) is 10.9. The number of ether oxygens (including phenoxy) is 1. The summed E-state index contributed by atoms with van der Waals surface area (Å²) in [5.74, 6) is 4.09. The van der Waals surface area contributed by atoms with E-state index in [2.05, 4.69) is 71.3 Å². The van der Waals surface area contributed by atoms with Gasteiger partial charge < -0.3 is 9.30 Å². The van der Waals surface area contributed by atoms with Crippen LogP contribution in [0.4, 0.5) is 0 Å². The Morgan fingerprint density at radius 3 is 2.50 bits per heavy atom. The standard InChI is InChI=1S/C36H41NO/c1-3-11-24(12-4-1)26-21-27(25-13-5-2-6-14-25)23-28(22-26)37-32-17-9-7-16-31(32)35-33(37)20-19-30-29-15-8-10-18-34(29)38-36(30)35/h1,3-4,8-12,15,17-18,25-28,30,36H,2,5-7,13-14,16,19-23H2. The zero-order valence-electron chi connectivity index (χ0n) is 22.7. The first kappa shape index (κ1) is 23.2. The first-order chi connectivity index (χ1) is 18.8. The lowest BCUT2D eigenvalue weighted by Gasteiger charge is -2.42. The second-order valence-corrected chi connectivity index (χ2v) is 12.9. The third kappa shape index (κ3) is 3.74. The minimum absolute atomic E-state index is 0.209. The smallest absolute Gasteiger partial charge is 0.133 e. The fourth-order valence-corrected chi connectivity index (χ4v) is 9.27. The first-order valence-corrected chi connectivity index (χ1v) is 15.6. The molecule has 3 aromatic rings. The van der Waals surface area contributed by atoms with Crippen LogP contribution in [0.25, 0.3) is 6.08 Å². The van der Waals surface area contributed by atoms with Gasteiger partial charge in [-0.1, -0.05) is 86.7 Å². The summed E-state index contributed by atoms with van der Waals surface area (Å²) in [6, 6.07) is 20.9. The molecule has 2 heteroatoms. The Hall–Kier alpha value is -2.74. The van der Waals surface area contributed by atoms with Gasteiger partial charge >= 0.3 is 0 Å². The number of allylic oxidation sites excluding steroid dienone is 1. The number of para-hydroxylation sites is 1. The third-order valence-corrected chi connectivity index (χ3v) is 10.9. The van der Waals surface area contributed by atoms with Crippen LogP contribution in [0.15, 0.2) is 60.7 Å². The van der Waals surface area contributed by atoms with Crippen LogP contribution in [-0.2, 0) is 12.8 Å². The summed E-state index contributed by atoms with van der Waals surface area (Å²) in [4.78, 5) is 0. The number of aromatic nitrogens is 1. The average molecular weight is 504 g/mol. The van der Waals surface area contributed by atoms with Gasteiger partial charge in [-0.2, -0.15) is 0 Å². The predicted molar refractivity (Wildman–Crippen MR) is 155 cm³/mol. The van der Waals surface area contributed by atoms with Crippen LogP contribution in [-0.4, -0.2) is 4.57 Å². The maximum atomic E-state index is 6.77. The van der Waals surface area contributed by atoms with Crippen LogP contribution < -0.4 is 4.74 Å². The van der Waals surface area contributed by atoms with Gasteiger partial charge in [0.15, 0.2) is 0 Å². The van der Waals surface area contributed by atoms with Crippen molar-refractivity contribution in [3.63, 3.8) is 0 Å². The number of rotatable bonds is 3. The van der Waals surface area contributed by atoms with Gasteiger partial charge in [0.1, 0.15) is 11.9 Å². The molecule has 8 rings (SSSR count). The highest BCUT2D eigenvalue weighted by Gasteiger charge is 2.45. The Kier molecular flexibility index (Phi) is 5.78. The van der Waals surface area contributed by atoms with Gasteiger partial charge in [0.05, 0.1) is 0 Å². The lowest BCUT2D eigenvalue weighted by molar-refractivity contribution is 0.143. The van der Waals surface area contributed by atoms with Crippen molar-refractivity contribution in [2.24, 2.45) is 11.8 Å². The van der Waals surface area contributed by atoms with Gasteiger partial charge in [0.25, 0.3) is 0 Å². The van der Waals surface area contributed by atoms with E-state index in [0.29, 0.717) is 17.9 Å². The zero-order chi connectivity index (χ0) is 25.1. The molecule has 0 spiro atoms. The molecule has 5 atom stereocenters. The molecule has 1 aromatic heterocycles. The van der Waals surface area contributed by atoms with Crippen LogP contribution in [0.1, 0.15) is 122 Å². The summed E-state index contributed by atoms with van der Waals surface area (Å²) in [5, 5.41) is 0. The monoisotopic (exact) mass is 503 g/mol. The van der Waals surface area contributed by atoms with Crippen molar-refractivity contribution in [1.29, 1.82) is 0 Å². The molecule has 1 aliphatic heterocycles. The molecule has 196 valence electrons. The fourth-order valence-electron chi connectivity index (χ4n) is 9.27. The van der Waals surface area contributed by atoms with Gasteiger partial charge in [-0.25, -0.2) is 0 Å². The van der Waals surface area contributed by atoms with Crippen molar-refractivity contribution in [3.05, 3.63) is 94.3 Å². The van der Waals surface area contributed by atoms with Crippen molar-refractivity contribution in [1.82, 2.24) is 4.57 Å². The van der Waals surface area contributed by atoms with Crippen LogP contribution in [0.2, 0.25) is 0 Å². The lowest BCUT2D eigenvalue weighted by atomic mass is 9.67. The molecule has 0 saturated heterocycles. The van der Waals surface area contributed by atoms with E-state index in [1.807, 2.05) is 0 Å². The van der Waals surface area contributed by atoms with Gasteiger partial charge in [-0.3, -0.25) is 0 Å². The molecule has 2 aromatic carbocycles. The van der Waals surface area contributed by atoms with Crippen LogP contribution >= 0.6 is 0 Å². The van der Waals surface area contributed by atoms with Gasteiger partial charge in [0.2, 0.25) is 0 Å². The topological polar surface area (TPSA) is 14.2 Å². The van der Waals surface area contributed by atoms with E-state index in [0.717, 1.165) is 24.0 Å². The second kappa shape index (κ2) is 9.47. The Morgan fingerprint density at radius 2 is 1.61 bits per heavy atom. The molecule has 0 amide bonds. The molecule has 2 fully saturated rings. The molecular formula is C36H41NO. The molecule has 4 aliphatic carbocycles. The number of benzene rings is 2. The minimum atomic E-state index is 0.209. The number of fused-ring (bicyclic) bond motifs is 7. The zero-order valence-corrected chi connectivity index (χ0v) is 22.7. The van der Waals surface area contributed by atoms with Crippen LogP contribution in [0, 0.1) is 11.8 Å². The number of hydrogen-bond donors (Lipinski definition) is 0. The van der Waals surface area contributed by atoms with Crippen molar-refractivity contribution in [2.75, 3.05) is 0 Å². The van der Waals surface area contributed by atoms with Crippen molar-refractivity contribution >= 4 is 6.08 Å². The quantitative estimate of drug-likeness (QED) is 0.347. The summed E-state index contributed by atoms with van der Waals surface area (Å²) >= 11 is 0. The van der Waals surface area contributed by atoms with Gasteiger partial charge in [-0.15, -0.1) is 0 Å². The molecule has 5 aliphatic rings. The van der Waals surface area contributed by atoms with E-state index in [-0.39, 0.29) is 6.10 Å². The highest BCUT2D eigenvalue weighted by Crippen LogP contribution is 2.56. The highest BCUT2D eigenvalue weighted by molar-refractivity contribution is 5.61. The lowest BCUT2D eigenvalue weighted by Crippen LogP contribution is -2.31. The van der Waals surface area contributed by atoms with Gasteiger partial charge in [-0.05, 0) is 86.0 Å². The summed E-state index contributed by atoms with van der Waals surface area (Å²) in [6.07, 6.45) is 21.1. The summed E-state index contributed by atoms with van der Waals surface area (Å²) in [5.41, 5.74) is 9.35. The summed E-state index contributed by atoms with van der Waals surface area (Å²) in [7, 11) is 0. The Morgan fingerprint density at radius 1 is 0.763 bits per heavy atom. The van der Waals surface area contributed by atoms with Crippen molar-refractivity contribution in [2.45, 2.75) is 101 Å². The molecule has 2 heterocycles. The second-order valence-electron chi connectivity index (χ2n) is 12.9. The van der Waals surface area contributed by atoms with Crippen molar-refractivity contribution in [3.8, 4) is 5.75 Å². The highest BCUT2D eigenvalue weighted by atomic mass is 16.5. The summed E-state index contributed by atoms with van der Waals surface area (Å²) < 4.78 is 9.66. The van der Waals surface area contributed by atoms with E-state index < -0.39 is 0 Å². The van der Waals surface area contributed by atoms with Gasteiger partial charge in [0, 0.05) is 34.5 Å². The normalized spacial score (nSPS) is 30.2. The molecule has 0 radical (unpaired) electrons. The first-order valence-electron chi connectivity index (χ1n) is 15.6. The van der Waals surface area contributed by atoms with Crippen molar-refractivity contribution < 1.29 is 4.74 Å². The number of hydrogen-bond acceptors (Lipinski definition) is 1. The van der Waals surface area contributed by atoms with E-state index >= 15 is 0 Å².